The van der Waals surface area contributed by atoms with E-state index in [9.17, 15) is 18.0 Å². The third-order valence-corrected chi connectivity index (χ3v) is 6.57. The molecule has 2 N–H and O–H groups in total. The van der Waals surface area contributed by atoms with E-state index in [4.69, 9.17) is 4.74 Å². The Kier molecular flexibility index (Phi) is 8.07. The van der Waals surface area contributed by atoms with Gasteiger partial charge >= 0.3 is 6.09 Å². The Labute approximate surface area is 173 Å². The molecule has 7 nitrogen and oxygen atoms in total. The second kappa shape index (κ2) is 10.1. The summed E-state index contributed by atoms with van der Waals surface area (Å²) in [5.74, 6) is -0.697. The molecule has 0 aromatic heterocycles. The number of carbonyl (C=O) groups excluding carboxylic acids is 2. The van der Waals surface area contributed by atoms with Crippen LogP contribution in [-0.4, -0.2) is 31.3 Å². The predicted molar refractivity (Wildman–Crippen MR) is 113 cm³/mol. The van der Waals surface area contributed by atoms with Gasteiger partial charge in [0.15, 0.2) is 0 Å². The standard InChI is InChI=1S/C21H32N2O5S/c1-21(2,3)28-20(25)22-17-12-10-11-16(15-17)19(24)23-29(26,27)18-13-8-6-4-5-7-9-14-18/h10-12,15,18H,4-9,13-14H2,1-3H3,(H,22,25)(H,23,24). The van der Waals surface area contributed by atoms with Gasteiger partial charge in [0.2, 0.25) is 10.0 Å². The third kappa shape index (κ3) is 8.04. The van der Waals surface area contributed by atoms with Crippen LogP contribution in [0.15, 0.2) is 24.3 Å². The summed E-state index contributed by atoms with van der Waals surface area (Å²) in [6.07, 6.45) is 6.54. The molecule has 0 spiro atoms. The van der Waals surface area contributed by atoms with Gasteiger partial charge in [0.1, 0.15) is 5.60 Å². The summed E-state index contributed by atoms with van der Waals surface area (Å²) in [4.78, 5) is 24.5. The molecule has 0 aliphatic heterocycles. The zero-order valence-corrected chi connectivity index (χ0v) is 18.3. The van der Waals surface area contributed by atoms with E-state index in [2.05, 4.69) is 10.0 Å². The fourth-order valence-corrected chi connectivity index (χ4v) is 4.83. The number of hydrogen-bond donors (Lipinski definition) is 2. The van der Waals surface area contributed by atoms with Gasteiger partial charge in [0.25, 0.3) is 5.91 Å². The maximum absolute atomic E-state index is 12.7. The van der Waals surface area contributed by atoms with Crippen molar-refractivity contribution < 1.29 is 22.7 Å². The topological polar surface area (TPSA) is 102 Å². The molecule has 0 saturated heterocycles. The molecule has 0 unspecified atom stereocenters. The first-order valence-electron chi connectivity index (χ1n) is 10.2. The number of hydrogen-bond acceptors (Lipinski definition) is 5. The fourth-order valence-electron chi connectivity index (χ4n) is 3.34. The molecule has 2 amide bonds. The molecule has 1 fully saturated rings. The maximum Gasteiger partial charge on any atom is 0.412 e. The smallest absolute Gasteiger partial charge is 0.412 e. The van der Waals surface area contributed by atoms with Crippen molar-refractivity contribution in [2.75, 3.05) is 5.32 Å². The highest BCUT2D eigenvalue weighted by Gasteiger charge is 2.27. The largest absolute Gasteiger partial charge is 0.444 e. The predicted octanol–water partition coefficient (Wildman–Crippen LogP) is 4.60. The van der Waals surface area contributed by atoms with Crippen LogP contribution < -0.4 is 10.0 Å². The average molecular weight is 425 g/mol. The first kappa shape index (κ1) is 23.2. The Morgan fingerprint density at radius 1 is 1.00 bits per heavy atom. The monoisotopic (exact) mass is 424 g/mol. The molecule has 1 aromatic rings. The Morgan fingerprint density at radius 3 is 2.17 bits per heavy atom. The average Bonchev–Trinajstić information content (AvgIpc) is 2.74. The number of ether oxygens (including phenoxy) is 1. The van der Waals surface area contributed by atoms with Crippen molar-refractivity contribution in [3.8, 4) is 0 Å². The minimum absolute atomic E-state index is 0.158. The molecule has 29 heavy (non-hydrogen) atoms. The van der Waals surface area contributed by atoms with E-state index in [-0.39, 0.29) is 5.56 Å². The number of anilines is 1. The highest BCUT2D eigenvalue weighted by molar-refractivity contribution is 7.90. The molecule has 0 atom stereocenters. The number of amides is 2. The lowest BCUT2D eigenvalue weighted by Gasteiger charge is -2.20. The van der Waals surface area contributed by atoms with Gasteiger partial charge in [0.05, 0.1) is 5.25 Å². The Balaban J connectivity index is 2.04. The molecule has 0 bridgehead atoms. The van der Waals surface area contributed by atoms with Crippen LogP contribution in [0.1, 0.15) is 82.5 Å². The Morgan fingerprint density at radius 2 is 1.59 bits per heavy atom. The number of nitrogens with one attached hydrogen (secondary N) is 2. The van der Waals surface area contributed by atoms with Gasteiger partial charge in [0, 0.05) is 11.3 Å². The molecule has 8 heteroatoms. The normalized spacial score (nSPS) is 16.8. The van der Waals surface area contributed by atoms with E-state index in [1.54, 1.807) is 32.9 Å². The summed E-state index contributed by atoms with van der Waals surface area (Å²) in [6, 6.07) is 6.12. The SMILES string of the molecule is CC(C)(C)OC(=O)Nc1cccc(C(=O)NS(=O)(=O)C2CCCCCCCC2)c1. The van der Waals surface area contributed by atoms with Crippen molar-refractivity contribution in [1.82, 2.24) is 4.72 Å². The summed E-state index contributed by atoms with van der Waals surface area (Å²) in [6.45, 7) is 5.25. The van der Waals surface area contributed by atoms with Gasteiger partial charge in [-0.1, -0.05) is 44.6 Å². The van der Waals surface area contributed by atoms with E-state index in [1.807, 2.05) is 0 Å². The summed E-state index contributed by atoms with van der Waals surface area (Å²) in [7, 11) is -3.76. The van der Waals surface area contributed by atoms with Gasteiger partial charge in [-0.15, -0.1) is 0 Å². The Hall–Kier alpha value is -2.09. The van der Waals surface area contributed by atoms with Crippen molar-refractivity contribution in [2.24, 2.45) is 0 Å². The van der Waals surface area contributed by atoms with E-state index in [0.717, 1.165) is 38.5 Å². The van der Waals surface area contributed by atoms with Crippen LogP contribution in [-0.2, 0) is 14.8 Å². The van der Waals surface area contributed by atoms with Crippen LogP contribution in [0, 0.1) is 0 Å². The minimum Gasteiger partial charge on any atom is -0.444 e. The van der Waals surface area contributed by atoms with Crippen LogP contribution >= 0.6 is 0 Å². The zero-order valence-electron chi connectivity index (χ0n) is 17.5. The molecule has 0 radical (unpaired) electrons. The lowest BCUT2D eigenvalue weighted by Crippen LogP contribution is -2.38. The second-order valence-corrected chi connectivity index (χ2v) is 10.5. The molecule has 0 heterocycles. The molecular formula is C21H32N2O5S. The van der Waals surface area contributed by atoms with Crippen LogP contribution in [0.4, 0.5) is 10.5 Å². The van der Waals surface area contributed by atoms with E-state index < -0.39 is 32.9 Å². The van der Waals surface area contributed by atoms with Crippen molar-refractivity contribution in [3.63, 3.8) is 0 Å². The highest BCUT2D eigenvalue weighted by atomic mass is 32.2. The van der Waals surface area contributed by atoms with Crippen LogP contribution in [0.3, 0.4) is 0 Å². The highest BCUT2D eigenvalue weighted by Crippen LogP contribution is 2.22. The van der Waals surface area contributed by atoms with Gasteiger partial charge in [-0.25, -0.2) is 17.9 Å². The van der Waals surface area contributed by atoms with Crippen LogP contribution in [0.25, 0.3) is 0 Å². The molecule has 1 aliphatic rings. The van der Waals surface area contributed by atoms with E-state index in [1.165, 1.54) is 12.1 Å². The van der Waals surface area contributed by atoms with E-state index >= 15 is 0 Å². The van der Waals surface area contributed by atoms with Gasteiger partial charge in [-0.2, -0.15) is 0 Å². The van der Waals surface area contributed by atoms with Crippen molar-refractivity contribution in [1.29, 1.82) is 0 Å². The summed E-state index contributed by atoms with van der Waals surface area (Å²) >= 11 is 0. The lowest BCUT2D eigenvalue weighted by molar-refractivity contribution is 0.0635. The third-order valence-electron chi connectivity index (χ3n) is 4.75. The molecule has 162 valence electrons. The number of carbonyl (C=O) groups is 2. The molecule has 1 saturated carbocycles. The summed E-state index contributed by atoms with van der Waals surface area (Å²) < 4.78 is 32.9. The first-order chi connectivity index (χ1) is 13.6. The lowest BCUT2D eigenvalue weighted by atomic mass is 10.1. The van der Waals surface area contributed by atoms with Gasteiger partial charge in [-0.05, 0) is 51.8 Å². The summed E-state index contributed by atoms with van der Waals surface area (Å²) in [5, 5.41) is 2.00. The Bertz CT molecular complexity index is 805. The maximum atomic E-state index is 12.7. The summed E-state index contributed by atoms with van der Waals surface area (Å²) in [5.41, 5.74) is -0.138. The quantitative estimate of drug-likeness (QED) is 0.736. The van der Waals surface area contributed by atoms with Crippen molar-refractivity contribution in [3.05, 3.63) is 29.8 Å². The van der Waals surface area contributed by atoms with Gasteiger partial charge < -0.3 is 4.74 Å². The van der Waals surface area contributed by atoms with Crippen LogP contribution in [0.5, 0.6) is 0 Å². The molecular weight excluding hydrogens is 392 g/mol. The first-order valence-corrected chi connectivity index (χ1v) is 11.8. The van der Waals surface area contributed by atoms with E-state index in [0.29, 0.717) is 18.5 Å². The van der Waals surface area contributed by atoms with Crippen molar-refractivity contribution >= 4 is 27.7 Å². The van der Waals surface area contributed by atoms with Gasteiger partial charge in [-0.3, -0.25) is 10.1 Å². The minimum atomic E-state index is -3.76. The molecule has 1 aromatic carbocycles. The van der Waals surface area contributed by atoms with Crippen molar-refractivity contribution in [2.45, 2.75) is 83.0 Å². The number of rotatable bonds is 4. The molecule has 1 aliphatic carbocycles. The number of sulfonamides is 1. The molecule has 2 rings (SSSR count). The number of benzene rings is 1. The van der Waals surface area contributed by atoms with Crippen LogP contribution in [0.2, 0.25) is 0 Å². The second-order valence-electron chi connectivity index (χ2n) is 8.50. The fraction of sp³-hybridized carbons (Fsp3) is 0.619. The zero-order chi connectivity index (χ0) is 21.5.